The van der Waals surface area contributed by atoms with E-state index in [4.69, 9.17) is 4.74 Å². The summed E-state index contributed by atoms with van der Waals surface area (Å²) in [6, 6.07) is 16.8. The molecule has 2 aromatic carbocycles. The summed E-state index contributed by atoms with van der Waals surface area (Å²) in [6.07, 6.45) is 0.420. The molecular weight excluding hydrogens is 438 g/mol. The highest BCUT2D eigenvalue weighted by molar-refractivity contribution is 5.82. The van der Waals surface area contributed by atoms with E-state index in [1.807, 2.05) is 43.9 Å². The van der Waals surface area contributed by atoms with Gasteiger partial charge in [0, 0.05) is 45.0 Å². The Hall–Kier alpha value is -3.02. The number of amides is 2. The third-order valence-corrected chi connectivity index (χ3v) is 7.11. The fraction of sp³-hybridized carbons (Fsp3) is 0.517. The first-order valence-electron chi connectivity index (χ1n) is 12.8. The van der Waals surface area contributed by atoms with E-state index < -0.39 is 5.60 Å². The van der Waals surface area contributed by atoms with Gasteiger partial charge in [-0.3, -0.25) is 4.79 Å². The summed E-state index contributed by atoms with van der Waals surface area (Å²) < 4.78 is 5.63. The fourth-order valence-corrected chi connectivity index (χ4v) is 5.26. The summed E-state index contributed by atoms with van der Waals surface area (Å²) in [4.78, 5) is 32.8. The second kappa shape index (κ2) is 10.3. The molecule has 0 aromatic heterocycles. The number of piperidine rings is 1. The molecule has 2 aliphatic heterocycles. The number of aryl methyl sites for hydroxylation is 2. The molecule has 0 saturated carbocycles. The normalized spacial score (nSPS) is 21.1. The van der Waals surface area contributed by atoms with Gasteiger partial charge in [0.25, 0.3) is 0 Å². The summed E-state index contributed by atoms with van der Waals surface area (Å²) in [6.45, 7) is 13.9. The van der Waals surface area contributed by atoms with Crippen LogP contribution in [0.2, 0.25) is 0 Å². The first-order valence-corrected chi connectivity index (χ1v) is 12.8. The van der Waals surface area contributed by atoms with Crippen molar-refractivity contribution in [2.24, 2.45) is 5.92 Å². The van der Waals surface area contributed by atoms with E-state index in [0.29, 0.717) is 26.2 Å². The van der Waals surface area contributed by atoms with E-state index >= 15 is 0 Å². The SMILES string of the molecule is Cc1ccc(C)c(N2CCN(C(=O)C3CN(C(=O)OC(C)(C)C)CCC3c3ccccc3)CC2)c1. The van der Waals surface area contributed by atoms with Crippen molar-refractivity contribution >= 4 is 17.7 Å². The molecule has 0 bridgehead atoms. The summed E-state index contributed by atoms with van der Waals surface area (Å²) in [5, 5.41) is 0. The van der Waals surface area contributed by atoms with Gasteiger partial charge in [0.1, 0.15) is 5.60 Å². The molecule has 2 heterocycles. The van der Waals surface area contributed by atoms with Gasteiger partial charge >= 0.3 is 6.09 Å². The second-order valence-corrected chi connectivity index (χ2v) is 10.9. The van der Waals surface area contributed by atoms with Gasteiger partial charge in [-0.25, -0.2) is 4.79 Å². The molecule has 6 nitrogen and oxygen atoms in total. The Morgan fingerprint density at radius 1 is 0.886 bits per heavy atom. The third kappa shape index (κ3) is 5.98. The van der Waals surface area contributed by atoms with E-state index in [1.54, 1.807) is 4.90 Å². The lowest BCUT2D eigenvalue weighted by molar-refractivity contribution is -0.138. The van der Waals surface area contributed by atoms with Gasteiger partial charge in [-0.15, -0.1) is 0 Å². The molecule has 2 aliphatic rings. The number of carbonyl (C=O) groups excluding carboxylic acids is 2. The van der Waals surface area contributed by atoms with Gasteiger partial charge in [-0.1, -0.05) is 42.5 Å². The molecule has 2 saturated heterocycles. The van der Waals surface area contributed by atoms with Crippen molar-refractivity contribution in [3.63, 3.8) is 0 Å². The molecule has 2 amide bonds. The van der Waals surface area contributed by atoms with Crippen molar-refractivity contribution in [2.45, 2.75) is 52.6 Å². The lowest BCUT2D eigenvalue weighted by Gasteiger charge is -2.43. The molecule has 0 N–H and O–H groups in total. The summed E-state index contributed by atoms with van der Waals surface area (Å²) in [5.74, 6) is -0.0296. The number of nitrogens with zero attached hydrogens (tertiary/aromatic N) is 3. The zero-order valence-electron chi connectivity index (χ0n) is 21.8. The Morgan fingerprint density at radius 2 is 1.57 bits per heavy atom. The number of benzene rings is 2. The molecule has 2 unspecified atom stereocenters. The van der Waals surface area contributed by atoms with Crippen LogP contribution >= 0.6 is 0 Å². The molecule has 2 fully saturated rings. The van der Waals surface area contributed by atoms with Crippen LogP contribution in [-0.2, 0) is 9.53 Å². The molecule has 35 heavy (non-hydrogen) atoms. The van der Waals surface area contributed by atoms with Crippen molar-refractivity contribution in [3.8, 4) is 0 Å². The van der Waals surface area contributed by atoms with E-state index in [1.165, 1.54) is 22.4 Å². The van der Waals surface area contributed by atoms with Gasteiger partial charge in [0.2, 0.25) is 5.91 Å². The van der Waals surface area contributed by atoms with Crippen LogP contribution in [0.4, 0.5) is 10.5 Å². The zero-order valence-corrected chi connectivity index (χ0v) is 21.8. The molecule has 2 aromatic rings. The number of piperazine rings is 1. The largest absolute Gasteiger partial charge is 0.444 e. The quantitative estimate of drug-likeness (QED) is 0.625. The number of anilines is 1. The topological polar surface area (TPSA) is 53.1 Å². The van der Waals surface area contributed by atoms with Crippen molar-refractivity contribution in [1.82, 2.24) is 9.80 Å². The minimum Gasteiger partial charge on any atom is -0.444 e. The van der Waals surface area contributed by atoms with Gasteiger partial charge in [-0.05, 0) is 69.7 Å². The highest BCUT2D eigenvalue weighted by Crippen LogP contribution is 2.35. The summed E-state index contributed by atoms with van der Waals surface area (Å²) >= 11 is 0. The number of carbonyl (C=O) groups is 2. The maximum atomic E-state index is 13.9. The van der Waals surface area contributed by atoms with Gasteiger partial charge in [-0.2, -0.15) is 0 Å². The number of ether oxygens (including phenoxy) is 1. The first kappa shape index (κ1) is 25.1. The van der Waals surface area contributed by atoms with Gasteiger partial charge in [0.15, 0.2) is 0 Å². The van der Waals surface area contributed by atoms with Crippen LogP contribution in [0.15, 0.2) is 48.5 Å². The Kier molecular flexibility index (Phi) is 7.39. The molecule has 6 heteroatoms. The molecule has 0 aliphatic carbocycles. The maximum Gasteiger partial charge on any atom is 0.410 e. The molecule has 0 radical (unpaired) electrons. The van der Waals surface area contributed by atoms with Crippen molar-refractivity contribution in [2.75, 3.05) is 44.2 Å². The van der Waals surface area contributed by atoms with E-state index in [0.717, 1.165) is 19.5 Å². The summed E-state index contributed by atoms with van der Waals surface area (Å²) in [5.41, 5.74) is 4.38. The van der Waals surface area contributed by atoms with Gasteiger partial charge in [0.05, 0.1) is 5.92 Å². The highest BCUT2D eigenvalue weighted by Gasteiger charge is 2.40. The van der Waals surface area contributed by atoms with E-state index in [2.05, 4.69) is 49.1 Å². The summed E-state index contributed by atoms with van der Waals surface area (Å²) in [7, 11) is 0. The molecule has 0 spiro atoms. The number of hydrogen-bond acceptors (Lipinski definition) is 4. The Labute approximate surface area is 209 Å². The highest BCUT2D eigenvalue weighted by atomic mass is 16.6. The third-order valence-electron chi connectivity index (χ3n) is 7.11. The van der Waals surface area contributed by atoms with Crippen LogP contribution in [0.1, 0.15) is 49.8 Å². The van der Waals surface area contributed by atoms with Crippen LogP contribution in [-0.4, -0.2) is 66.7 Å². The average Bonchev–Trinajstić information content (AvgIpc) is 2.84. The molecule has 4 rings (SSSR count). The van der Waals surface area contributed by atoms with Crippen LogP contribution in [0.5, 0.6) is 0 Å². The van der Waals surface area contributed by atoms with E-state index in [9.17, 15) is 9.59 Å². The Balaban J connectivity index is 1.49. The predicted octanol–water partition coefficient (Wildman–Crippen LogP) is 4.99. The minimum atomic E-state index is -0.558. The van der Waals surface area contributed by atoms with Crippen molar-refractivity contribution < 1.29 is 14.3 Å². The number of rotatable bonds is 3. The van der Waals surface area contributed by atoms with Crippen LogP contribution < -0.4 is 4.90 Å². The van der Waals surface area contributed by atoms with Crippen molar-refractivity contribution in [3.05, 3.63) is 65.2 Å². The molecule has 2 atom stereocenters. The lowest BCUT2D eigenvalue weighted by atomic mass is 9.79. The minimum absolute atomic E-state index is 0.0967. The number of hydrogen-bond donors (Lipinski definition) is 0. The predicted molar refractivity (Wildman–Crippen MR) is 140 cm³/mol. The van der Waals surface area contributed by atoms with Gasteiger partial charge < -0.3 is 19.4 Å². The average molecular weight is 478 g/mol. The van der Waals surface area contributed by atoms with Crippen LogP contribution in [0.25, 0.3) is 0 Å². The number of likely N-dealkylation sites (tertiary alicyclic amines) is 1. The molecular formula is C29H39N3O3. The monoisotopic (exact) mass is 477 g/mol. The Morgan fingerprint density at radius 3 is 2.23 bits per heavy atom. The smallest absolute Gasteiger partial charge is 0.410 e. The van der Waals surface area contributed by atoms with Crippen LogP contribution in [0.3, 0.4) is 0 Å². The fourth-order valence-electron chi connectivity index (χ4n) is 5.26. The standard InChI is InChI=1S/C29H39N3O3/c1-21-11-12-22(2)26(19-21)30-15-17-31(18-16-30)27(33)25-20-32(28(34)35-29(3,4)5)14-13-24(25)23-9-7-6-8-10-23/h6-12,19,24-25H,13-18,20H2,1-5H3. The van der Waals surface area contributed by atoms with Crippen molar-refractivity contribution in [1.29, 1.82) is 0 Å². The Bertz CT molecular complexity index is 1040. The second-order valence-electron chi connectivity index (χ2n) is 10.9. The lowest BCUT2D eigenvalue weighted by Crippen LogP contribution is -2.55. The molecule has 188 valence electrons. The van der Waals surface area contributed by atoms with Crippen LogP contribution in [0, 0.1) is 19.8 Å². The van der Waals surface area contributed by atoms with E-state index in [-0.39, 0.29) is 23.8 Å². The maximum absolute atomic E-state index is 13.9. The zero-order chi connectivity index (χ0) is 25.2. The first-order chi connectivity index (χ1) is 16.6.